The number of carboxylic acids is 1. The second-order valence-electron chi connectivity index (χ2n) is 3.79. The maximum atomic E-state index is 10.9. The van der Waals surface area contributed by atoms with Crippen molar-refractivity contribution in [3.63, 3.8) is 0 Å². The summed E-state index contributed by atoms with van der Waals surface area (Å²) in [4.78, 5) is 10.9. The summed E-state index contributed by atoms with van der Waals surface area (Å²) in [7, 11) is 0. The summed E-state index contributed by atoms with van der Waals surface area (Å²) in [6, 6.07) is 0. The number of nitrogens with zero attached hydrogens (tertiary/aromatic N) is 3. The van der Waals surface area contributed by atoms with E-state index in [0.717, 1.165) is 25.8 Å². The molecule has 14 heavy (non-hydrogen) atoms. The van der Waals surface area contributed by atoms with Crippen LogP contribution in [0.5, 0.6) is 0 Å². The van der Waals surface area contributed by atoms with Crippen LogP contribution in [0.4, 0.5) is 0 Å². The van der Waals surface area contributed by atoms with E-state index < -0.39 is 5.97 Å². The number of carbonyl (C=O) groups is 1. The Morgan fingerprint density at radius 2 is 2.14 bits per heavy atom. The largest absolute Gasteiger partial charge is 0.481 e. The first-order valence-corrected chi connectivity index (χ1v) is 4.82. The van der Waals surface area contributed by atoms with E-state index in [4.69, 9.17) is 5.11 Å². The van der Waals surface area contributed by atoms with Crippen LogP contribution in [0.25, 0.3) is 0 Å². The molecule has 0 aliphatic heterocycles. The Kier molecular flexibility index (Phi) is 2.47. The van der Waals surface area contributed by atoms with E-state index in [0.29, 0.717) is 0 Å². The Balaban J connectivity index is 2.00. The molecule has 76 valence electrons. The molecule has 1 saturated carbocycles. The normalized spacial score (nSPS) is 26.6. The van der Waals surface area contributed by atoms with Gasteiger partial charge in [0.15, 0.2) is 0 Å². The van der Waals surface area contributed by atoms with E-state index in [1.807, 2.05) is 4.57 Å². The number of rotatable bonds is 3. The van der Waals surface area contributed by atoms with Crippen molar-refractivity contribution in [2.45, 2.75) is 25.8 Å². The van der Waals surface area contributed by atoms with Gasteiger partial charge in [-0.2, -0.15) is 0 Å². The van der Waals surface area contributed by atoms with Gasteiger partial charge in [-0.15, -0.1) is 10.2 Å². The molecule has 0 bridgehead atoms. The predicted molar refractivity (Wildman–Crippen MR) is 48.5 cm³/mol. The van der Waals surface area contributed by atoms with Crippen molar-refractivity contribution in [3.05, 3.63) is 12.7 Å². The molecule has 2 rings (SSSR count). The molecule has 0 spiro atoms. The molecule has 1 fully saturated rings. The zero-order valence-corrected chi connectivity index (χ0v) is 7.83. The molecule has 5 nitrogen and oxygen atoms in total. The van der Waals surface area contributed by atoms with Gasteiger partial charge in [0.05, 0.1) is 5.92 Å². The topological polar surface area (TPSA) is 68.0 Å². The third-order valence-electron chi connectivity index (χ3n) is 2.89. The summed E-state index contributed by atoms with van der Waals surface area (Å²) in [5.41, 5.74) is 0. The highest BCUT2D eigenvalue weighted by Gasteiger charge is 2.32. The third kappa shape index (κ3) is 1.76. The van der Waals surface area contributed by atoms with E-state index in [1.165, 1.54) is 0 Å². The van der Waals surface area contributed by atoms with Crippen LogP contribution in [0.1, 0.15) is 19.3 Å². The van der Waals surface area contributed by atoms with E-state index in [-0.39, 0.29) is 11.8 Å². The summed E-state index contributed by atoms with van der Waals surface area (Å²) in [6.45, 7) is 0.726. The van der Waals surface area contributed by atoms with Gasteiger partial charge in [-0.25, -0.2) is 0 Å². The van der Waals surface area contributed by atoms with Crippen molar-refractivity contribution < 1.29 is 9.90 Å². The fraction of sp³-hybridized carbons (Fsp3) is 0.667. The maximum Gasteiger partial charge on any atom is 0.306 e. The predicted octanol–water partition coefficient (Wildman–Crippen LogP) is 0.779. The second kappa shape index (κ2) is 3.77. The maximum absolute atomic E-state index is 10.9. The van der Waals surface area contributed by atoms with E-state index in [1.54, 1.807) is 12.7 Å². The molecule has 1 aliphatic carbocycles. The van der Waals surface area contributed by atoms with E-state index >= 15 is 0 Å². The molecule has 1 aromatic heterocycles. The smallest absolute Gasteiger partial charge is 0.306 e. The highest BCUT2D eigenvalue weighted by Crippen LogP contribution is 2.32. The lowest BCUT2D eigenvalue weighted by Gasteiger charge is -2.15. The standard InChI is InChI=1S/C9H13N3O2/c13-9(14)8-3-1-2-7(8)4-12-5-10-11-6-12/h5-8H,1-4H2,(H,13,14). The fourth-order valence-corrected chi connectivity index (χ4v) is 2.17. The zero-order chi connectivity index (χ0) is 9.97. The number of carboxylic acid groups (broad SMARTS) is 1. The highest BCUT2D eigenvalue weighted by atomic mass is 16.4. The average Bonchev–Trinajstić information content (AvgIpc) is 2.75. The Morgan fingerprint density at radius 1 is 1.43 bits per heavy atom. The molecular weight excluding hydrogens is 182 g/mol. The molecule has 5 heteroatoms. The van der Waals surface area contributed by atoms with Gasteiger partial charge >= 0.3 is 5.97 Å². The monoisotopic (exact) mass is 195 g/mol. The third-order valence-corrected chi connectivity index (χ3v) is 2.89. The first-order valence-electron chi connectivity index (χ1n) is 4.82. The SMILES string of the molecule is O=C(O)C1CCCC1Cn1cnnc1. The van der Waals surface area contributed by atoms with Crippen molar-refractivity contribution in [2.75, 3.05) is 0 Å². The van der Waals surface area contributed by atoms with Crippen molar-refractivity contribution in [1.29, 1.82) is 0 Å². The Hall–Kier alpha value is -1.39. The summed E-state index contributed by atoms with van der Waals surface area (Å²) >= 11 is 0. The molecule has 2 unspecified atom stereocenters. The van der Waals surface area contributed by atoms with Crippen molar-refractivity contribution in [3.8, 4) is 0 Å². The molecular formula is C9H13N3O2. The van der Waals surface area contributed by atoms with Gasteiger partial charge in [-0.3, -0.25) is 4.79 Å². The molecule has 0 amide bonds. The van der Waals surface area contributed by atoms with Crippen LogP contribution >= 0.6 is 0 Å². The fourth-order valence-electron chi connectivity index (χ4n) is 2.17. The molecule has 1 aromatic rings. The van der Waals surface area contributed by atoms with Gasteiger partial charge < -0.3 is 9.67 Å². The van der Waals surface area contributed by atoms with Gasteiger partial charge in [0.2, 0.25) is 0 Å². The van der Waals surface area contributed by atoms with Gasteiger partial charge in [0.25, 0.3) is 0 Å². The summed E-state index contributed by atoms with van der Waals surface area (Å²) in [5, 5.41) is 16.4. The summed E-state index contributed by atoms with van der Waals surface area (Å²) < 4.78 is 1.85. The first kappa shape index (κ1) is 9.18. The number of aromatic nitrogens is 3. The summed E-state index contributed by atoms with van der Waals surface area (Å²) in [5.74, 6) is -0.610. The number of hydrogen-bond acceptors (Lipinski definition) is 3. The minimum absolute atomic E-state index is 0.183. The molecule has 2 atom stereocenters. The van der Waals surface area contributed by atoms with Gasteiger partial charge in [0, 0.05) is 6.54 Å². The van der Waals surface area contributed by atoms with Crippen LogP contribution in [-0.2, 0) is 11.3 Å². The lowest BCUT2D eigenvalue weighted by molar-refractivity contribution is -0.143. The average molecular weight is 195 g/mol. The van der Waals surface area contributed by atoms with Crippen LogP contribution in [0.15, 0.2) is 12.7 Å². The van der Waals surface area contributed by atoms with E-state index in [2.05, 4.69) is 10.2 Å². The van der Waals surface area contributed by atoms with E-state index in [9.17, 15) is 4.79 Å². The molecule has 0 radical (unpaired) electrons. The lowest BCUT2D eigenvalue weighted by Crippen LogP contribution is -2.21. The van der Waals surface area contributed by atoms with Crippen LogP contribution in [0.2, 0.25) is 0 Å². The van der Waals surface area contributed by atoms with Crippen LogP contribution in [-0.4, -0.2) is 25.8 Å². The molecule has 1 heterocycles. The zero-order valence-electron chi connectivity index (χ0n) is 7.83. The van der Waals surface area contributed by atoms with Gasteiger partial charge in [-0.05, 0) is 18.8 Å². The summed E-state index contributed by atoms with van der Waals surface area (Å²) in [6.07, 6.45) is 6.09. The minimum Gasteiger partial charge on any atom is -0.481 e. The molecule has 1 aliphatic rings. The molecule has 0 saturated heterocycles. The Morgan fingerprint density at radius 3 is 2.79 bits per heavy atom. The Bertz CT molecular complexity index is 310. The van der Waals surface area contributed by atoms with Gasteiger partial charge in [0.1, 0.15) is 12.7 Å². The van der Waals surface area contributed by atoms with Gasteiger partial charge in [-0.1, -0.05) is 6.42 Å². The number of aliphatic carboxylic acids is 1. The quantitative estimate of drug-likeness (QED) is 0.773. The molecule has 1 N–H and O–H groups in total. The second-order valence-corrected chi connectivity index (χ2v) is 3.79. The van der Waals surface area contributed by atoms with Crippen LogP contribution in [0.3, 0.4) is 0 Å². The Labute approximate surface area is 81.8 Å². The van der Waals surface area contributed by atoms with Crippen molar-refractivity contribution in [2.24, 2.45) is 11.8 Å². The van der Waals surface area contributed by atoms with Crippen molar-refractivity contribution in [1.82, 2.24) is 14.8 Å². The van der Waals surface area contributed by atoms with Crippen LogP contribution in [0, 0.1) is 11.8 Å². The van der Waals surface area contributed by atoms with Crippen LogP contribution < -0.4 is 0 Å². The molecule has 0 aromatic carbocycles. The first-order chi connectivity index (χ1) is 6.77. The van der Waals surface area contributed by atoms with Crippen molar-refractivity contribution >= 4 is 5.97 Å². The minimum atomic E-state index is -0.666. The number of hydrogen-bond donors (Lipinski definition) is 1. The highest BCUT2D eigenvalue weighted by molar-refractivity contribution is 5.70. The lowest BCUT2D eigenvalue weighted by atomic mass is 9.96.